The van der Waals surface area contributed by atoms with Crippen LogP contribution in [0.4, 0.5) is 0 Å². The van der Waals surface area contributed by atoms with Crippen LogP contribution in [0, 0.1) is 12.8 Å². The molecular formula is C13H18O4S. The van der Waals surface area contributed by atoms with Crippen LogP contribution in [-0.4, -0.2) is 24.7 Å². The van der Waals surface area contributed by atoms with Crippen molar-refractivity contribution in [2.45, 2.75) is 31.8 Å². The number of hydrogen-bond acceptors (Lipinski definition) is 3. The molecule has 0 amide bonds. The summed E-state index contributed by atoms with van der Waals surface area (Å²) in [4.78, 5) is 11.1. The minimum Gasteiger partial charge on any atom is -0.480 e. The first-order valence-electron chi connectivity index (χ1n) is 5.74. The second kappa shape index (κ2) is 5.52. The predicted molar refractivity (Wildman–Crippen MR) is 70.1 cm³/mol. The Hall–Kier alpha value is -1.36. The zero-order chi connectivity index (χ0) is 13.9. The van der Waals surface area contributed by atoms with Crippen LogP contribution in [0.25, 0.3) is 0 Å². The molecule has 18 heavy (non-hydrogen) atoms. The van der Waals surface area contributed by atoms with E-state index in [-0.39, 0.29) is 5.75 Å². The van der Waals surface area contributed by atoms with E-state index in [4.69, 9.17) is 5.11 Å². The molecule has 5 heteroatoms. The van der Waals surface area contributed by atoms with Crippen LogP contribution < -0.4 is 0 Å². The SMILES string of the molecule is Cc1ccc(CS(=O)(=O)C(C(=O)O)C(C)C)cc1. The number of sulfone groups is 1. The average Bonchev–Trinajstić information content (AvgIpc) is 2.19. The largest absolute Gasteiger partial charge is 0.480 e. The molecule has 100 valence electrons. The Morgan fingerprint density at radius 2 is 1.72 bits per heavy atom. The molecule has 0 aromatic heterocycles. The fourth-order valence-corrected chi connectivity index (χ4v) is 3.83. The molecular weight excluding hydrogens is 252 g/mol. The van der Waals surface area contributed by atoms with Crippen LogP contribution in [0.15, 0.2) is 24.3 Å². The molecule has 0 aliphatic heterocycles. The highest BCUT2D eigenvalue weighted by Gasteiger charge is 2.35. The standard InChI is InChI=1S/C13H18O4S/c1-9(2)12(13(14)15)18(16,17)8-11-6-4-10(3)5-7-11/h4-7,9,12H,8H2,1-3H3,(H,14,15). The molecule has 1 unspecified atom stereocenters. The van der Waals surface area contributed by atoms with Crippen molar-refractivity contribution in [1.29, 1.82) is 0 Å². The first-order valence-corrected chi connectivity index (χ1v) is 7.45. The molecule has 1 N–H and O–H groups in total. The Morgan fingerprint density at radius 1 is 1.22 bits per heavy atom. The van der Waals surface area contributed by atoms with Crippen molar-refractivity contribution >= 4 is 15.8 Å². The van der Waals surface area contributed by atoms with Gasteiger partial charge in [0.1, 0.15) is 0 Å². The van der Waals surface area contributed by atoms with E-state index in [0.717, 1.165) is 5.56 Å². The zero-order valence-corrected chi connectivity index (χ0v) is 11.6. The summed E-state index contributed by atoms with van der Waals surface area (Å²) >= 11 is 0. The Balaban J connectivity index is 3.00. The Labute approximate surface area is 108 Å². The van der Waals surface area contributed by atoms with Crippen molar-refractivity contribution in [2.75, 3.05) is 0 Å². The van der Waals surface area contributed by atoms with Crippen molar-refractivity contribution in [1.82, 2.24) is 0 Å². The summed E-state index contributed by atoms with van der Waals surface area (Å²) in [5, 5.41) is 7.67. The lowest BCUT2D eigenvalue weighted by atomic mass is 10.1. The Bertz CT molecular complexity index is 514. The maximum Gasteiger partial charge on any atom is 0.322 e. The van der Waals surface area contributed by atoms with E-state index in [2.05, 4.69) is 0 Å². The zero-order valence-electron chi connectivity index (χ0n) is 10.8. The van der Waals surface area contributed by atoms with E-state index in [1.807, 2.05) is 19.1 Å². The van der Waals surface area contributed by atoms with Crippen molar-refractivity contribution < 1.29 is 18.3 Å². The number of rotatable bonds is 5. The molecule has 0 saturated heterocycles. The minimum absolute atomic E-state index is 0.234. The third-order valence-corrected chi connectivity index (χ3v) is 4.98. The number of aliphatic carboxylic acids is 1. The van der Waals surface area contributed by atoms with Crippen molar-refractivity contribution in [3.05, 3.63) is 35.4 Å². The summed E-state index contributed by atoms with van der Waals surface area (Å²) < 4.78 is 24.2. The summed E-state index contributed by atoms with van der Waals surface area (Å²) in [7, 11) is -3.69. The molecule has 0 radical (unpaired) electrons. The molecule has 1 aromatic carbocycles. The topological polar surface area (TPSA) is 71.4 Å². The highest BCUT2D eigenvalue weighted by atomic mass is 32.2. The molecule has 1 atom stereocenters. The van der Waals surface area contributed by atoms with Gasteiger partial charge in [-0.3, -0.25) is 4.79 Å². The number of carbonyl (C=O) groups is 1. The van der Waals surface area contributed by atoms with Crippen LogP contribution in [0.3, 0.4) is 0 Å². The molecule has 0 saturated carbocycles. The van der Waals surface area contributed by atoms with Gasteiger partial charge in [0.25, 0.3) is 0 Å². The highest BCUT2D eigenvalue weighted by Crippen LogP contribution is 2.18. The smallest absolute Gasteiger partial charge is 0.322 e. The van der Waals surface area contributed by atoms with E-state index < -0.39 is 27.0 Å². The molecule has 0 fully saturated rings. The van der Waals surface area contributed by atoms with Crippen molar-refractivity contribution in [2.24, 2.45) is 5.92 Å². The Kier molecular flexibility index (Phi) is 4.51. The van der Waals surface area contributed by atoms with Gasteiger partial charge in [0.05, 0.1) is 5.75 Å². The van der Waals surface area contributed by atoms with Crippen LogP contribution in [0.1, 0.15) is 25.0 Å². The second-order valence-electron chi connectivity index (χ2n) is 4.80. The fraction of sp³-hybridized carbons (Fsp3) is 0.462. The van der Waals surface area contributed by atoms with Gasteiger partial charge in [-0.1, -0.05) is 43.7 Å². The first-order chi connectivity index (χ1) is 8.24. The summed E-state index contributed by atoms with van der Waals surface area (Å²) in [6.07, 6.45) is 0. The number of carboxylic acid groups (broad SMARTS) is 1. The third-order valence-electron chi connectivity index (χ3n) is 2.72. The number of carboxylic acids is 1. The minimum atomic E-state index is -3.69. The lowest BCUT2D eigenvalue weighted by molar-refractivity contribution is -0.137. The summed E-state index contributed by atoms with van der Waals surface area (Å²) in [6, 6.07) is 7.06. The first kappa shape index (κ1) is 14.7. The third kappa shape index (κ3) is 3.57. The van der Waals surface area contributed by atoms with Gasteiger partial charge in [0.15, 0.2) is 15.1 Å². The molecule has 0 spiro atoms. The maximum atomic E-state index is 12.1. The normalized spacial score (nSPS) is 13.6. The van der Waals surface area contributed by atoms with Crippen LogP contribution in [-0.2, 0) is 20.4 Å². The Morgan fingerprint density at radius 3 is 2.11 bits per heavy atom. The van der Waals surface area contributed by atoms with Gasteiger partial charge in [-0.2, -0.15) is 0 Å². The molecule has 1 rings (SSSR count). The predicted octanol–water partition coefficient (Wildman–Crippen LogP) is 2.02. The van der Waals surface area contributed by atoms with E-state index >= 15 is 0 Å². The average molecular weight is 270 g/mol. The highest BCUT2D eigenvalue weighted by molar-refractivity contribution is 7.92. The van der Waals surface area contributed by atoms with Gasteiger partial charge in [-0.25, -0.2) is 8.42 Å². The van der Waals surface area contributed by atoms with Gasteiger partial charge >= 0.3 is 5.97 Å². The monoisotopic (exact) mass is 270 g/mol. The number of benzene rings is 1. The number of hydrogen-bond donors (Lipinski definition) is 1. The van der Waals surface area contributed by atoms with Crippen LogP contribution >= 0.6 is 0 Å². The molecule has 0 aliphatic rings. The lowest BCUT2D eigenvalue weighted by Gasteiger charge is -2.16. The fourth-order valence-electron chi connectivity index (χ4n) is 1.86. The van der Waals surface area contributed by atoms with Crippen molar-refractivity contribution in [3.8, 4) is 0 Å². The molecule has 0 aliphatic carbocycles. The van der Waals surface area contributed by atoms with Gasteiger partial charge in [-0.15, -0.1) is 0 Å². The van der Waals surface area contributed by atoms with Crippen LogP contribution in [0.5, 0.6) is 0 Å². The maximum absolute atomic E-state index is 12.1. The molecule has 0 bridgehead atoms. The molecule has 0 heterocycles. The van der Waals surface area contributed by atoms with E-state index in [9.17, 15) is 13.2 Å². The summed E-state index contributed by atoms with van der Waals surface area (Å²) in [5.41, 5.74) is 1.65. The number of aryl methyl sites for hydroxylation is 1. The van der Waals surface area contributed by atoms with Gasteiger partial charge in [-0.05, 0) is 18.4 Å². The van der Waals surface area contributed by atoms with E-state index in [1.54, 1.807) is 26.0 Å². The summed E-state index contributed by atoms with van der Waals surface area (Å²) in [6.45, 7) is 5.11. The van der Waals surface area contributed by atoms with Gasteiger partial charge in [0, 0.05) is 0 Å². The summed E-state index contributed by atoms with van der Waals surface area (Å²) in [5.74, 6) is -1.96. The molecule has 4 nitrogen and oxygen atoms in total. The quantitative estimate of drug-likeness (QED) is 0.888. The van der Waals surface area contributed by atoms with Crippen molar-refractivity contribution in [3.63, 3.8) is 0 Å². The second-order valence-corrected chi connectivity index (χ2v) is 6.92. The van der Waals surface area contributed by atoms with Gasteiger partial charge < -0.3 is 5.11 Å². The van der Waals surface area contributed by atoms with E-state index in [0.29, 0.717) is 5.56 Å². The lowest BCUT2D eigenvalue weighted by Crippen LogP contribution is -2.35. The van der Waals surface area contributed by atoms with Gasteiger partial charge in [0.2, 0.25) is 0 Å². The molecule has 1 aromatic rings. The van der Waals surface area contributed by atoms with Crippen LogP contribution in [0.2, 0.25) is 0 Å². The van der Waals surface area contributed by atoms with E-state index in [1.165, 1.54) is 0 Å².